The number of esters is 1. The van der Waals surface area contributed by atoms with Gasteiger partial charge in [-0.1, -0.05) is 23.9 Å². The number of rotatable bonds is 7. The van der Waals surface area contributed by atoms with Crippen LogP contribution in [0, 0.1) is 19.7 Å². The summed E-state index contributed by atoms with van der Waals surface area (Å²) < 4.78 is 24.3. The van der Waals surface area contributed by atoms with E-state index >= 15 is 0 Å². The summed E-state index contributed by atoms with van der Waals surface area (Å²) in [5.41, 5.74) is 1.34. The van der Waals surface area contributed by atoms with E-state index in [9.17, 15) is 14.0 Å². The Kier molecular flexibility index (Phi) is 6.65. The second-order valence-corrected chi connectivity index (χ2v) is 8.05. The maximum Gasteiger partial charge on any atom is 0.341 e. The van der Waals surface area contributed by atoms with Crippen molar-refractivity contribution in [1.29, 1.82) is 0 Å². The lowest BCUT2D eigenvalue weighted by molar-refractivity contribution is -0.113. The molecule has 0 bridgehead atoms. The molecule has 3 rings (SSSR count). The van der Waals surface area contributed by atoms with Crippen molar-refractivity contribution in [2.45, 2.75) is 26.0 Å². The highest BCUT2D eigenvalue weighted by Gasteiger charge is 2.22. The summed E-state index contributed by atoms with van der Waals surface area (Å²) in [4.78, 5) is 25.5. The highest BCUT2D eigenvalue weighted by Crippen LogP contribution is 2.33. The Morgan fingerprint density at radius 1 is 1.28 bits per heavy atom. The van der Waals surface area contributed by atoms with Gasteiger partial charge in [-0.25, -0.2) is 9.18 Å². The van der Waals surface area contributed by atoms with Crippen LogP contribution in [0.4, 0.5) is 9.39 Å². The fourth-order valence-electron chi connectivity index (χ4n) is 2.47. The standard InChI is InChI=1S/C19H18FN3O4S2/c1-4-26-18(25)15-10(2)11(3)29-17(15)21-14(24)9-28-19-23-22-16(27-19)12-7-5-6-8-13(12)20/h5-8H,4,9H2,1-3H3,(H,21,24). The lowest BCUT2D eigenvalue weighted by Gasteiger charge is -2.06. The summed E-state index contributed by atoms with van der Waals surface area (Å²) in [6, 6.07) is 6.05. The van der Waals surface area contributed by atoms with Crippen LogP contribution in [0.2, 0.25) is 0 Å². The number of benzene rings is 1. The number of ether oxygens (including phenoxy) is 1. The number of carbonyl (C=O) groups excluding carboxylic acids is 2. The Labute approximate surface area is 174 Å². The van der Waals surface area contributed by atoms with Gasteiger partial charge in [0, 0.05) is 4.88 Å². The third-order valence-electron chi connectivity index (χ3n) is 3.96. The van der Waals surface area contributed by atoms with Gasteiger partial charge in [0.05, 0.1) is 23.5 Å². The van der Waals surface area contributed by atoms with Crippen molar-refractivity contribution in [2.24, 2.45) is 0 Å². The summed E-state index contributed by atoms with van der Waals surface area (Å²) in [6.45, 7) is 5.65. The molecule has 0 aliphatic heterocycles. The molecule has 0 atom stereocenters. The molecule has 0 aliphatic carbocycles. The number of hydrogen-bond donors (Lipinski definition) is 1. The number of aromatic nitrogens is 2. The highest BCUT2D eigenvalue weighted by molar-refractivity contribution is 7.99. The van der Waals surface area contributed by atoms with Gasteiger partial charge in [0.15, 0.2) is 0 Å². The number of thiophene rings is 1. The van der Waals surface area contributed by atoms with Gasteiger partial charge >= 0.3 is 5.97 Å². The number of amides is 1. The Hall–Kier alpha value is -2.72. The van der Waals surface area contributed by atoms with Crippen LogP contribution in [0.15, 0.2) is 33.9 Å². The zero-order chi connectivity index (χ0) is 21.0. The van der Waals surface area contributed by atoms with E-state index in [1.165, 1.54) is 23.5 Å². The van der Waals surface area contributed by atoms with Crippen molar-refractivity contribution < 1.29 is 23.1 Å². The predicted molar refractivity (Wildman–Crippen MR) is 109 cm³/mol. The molecule has 0 unspecified atom stereocenters. The van der Waals surface area contributed by atoms with Gasteiger partial charge in [0.25, 0.3) is 11.1 Å². The molecule has 7 nitrogen and oxygen atoms in total. The number of anilines is 1. The maximum atomic E-state index is 13.8. The SMILES string of the molecule is CCOC(=O)c1c(NC(=O)CSc2nnc(-c3ccccc3F)o2)sc(C)c1C. The third kappa shape index (κ3) is 4.83. The van der Waals surface area contributed by atoms with Gasteiger partial charge in [-0.2, -0.15) is 0 Å². The molecule has 0 fully saturated rings. The van der Waals surface area contributed by atoms with Crippen LogP contribution < -0.4 is 5.32 Å². The van der Waals surface area contributed by atoms with Crippen molar-refractivity contribution in [2.75, 3.05) is 17.7 Å². The zero-order valence-electron chi connectivity index (χ0n) is 15.9. The second-order valence-electron chi connectivity index (χ2n) is 5.90. The zero-order valence-corrected chi connectivity index (χ0v) is 17.6. The van der Waals surface area contributed by atoms with Crippen LogP contribution in [0.5, 0.6) is 0 Å². The molecule has 29 heavy (non-hydrogen) atoms. The van der Waals surface area contributed by atoms with E-state index in [1.807, 2.05) is 13.8 Å². The minimum Gasteiger partial charge on any atom is -0.462 e. The molecule has 2 aromatic heterocycles. The minimum atomic E-state index is -0.472. The first-order valence-electron chi connectivity index (χ1n) is 8.68. The average molecular weight is 436 g/mol. The van der Waals surface area contributed by atoms with E-state index in [2.05, 4.69) is 15.5 Å². The van der Waals surface area contributed by atoms with Crippen LogP contribution in [0.1, 0.15) is 27.7 Å². The number of hydrogen-bond acceptors (Lipinski definition) is 8. The first-order valence-corrected chi connectivity index (χ1v) is 10.5. The molecule has 0 saturated carbocycles. The normalized spacial score (nSPS) is 10.8. The quantitative estimate of drug-likeness (QED) is 0.432. The number of aryl methyl sites for hydroxylation is 1. The summed E-state index contributed by atoms with van der Waals surface area (Å²) >= 11 is 2.33. The number of nitrogens with one attached hydrogen (secondary N) is 1. The number of carbonyl (C=O) groups is 2. The average Bonchev–Trinajstić information content (AvgIpc) is 3.25. The largest absolute Gasteiger partial charge is 0.462 e. The molecule has 0 saturated heterocycles. The maximum absolute atomic E-state index is 13.8. The number of nitrogens with zero attached hydrogens (tertiary/aromatic N) is 2. The molecular formula is C19H18FN3O4S2. The van der Waals surface area contributed by atoms with Gasteiger partial charge in [-0.05, 0) is 38.5 Å². The molecule has 2 heterocycles. The Balaban J connectivity index is 1.65. The van der Waals surface area contributed by atoms with Gasteiger partial charge in [-0.15, -0.1) is 21.5 Å². The molecule has 0 aliphatic rings. The summed E-state index contributed by atoms with van der Waals surface area (Å²) in [6.07, 6.45) is 0. The third-order valence-corrected chi connectivity index (χ3v) is 5.90. The van der Waals surface area contributed by atoms with Gasteiger partial charge in [-0.3, -0.25) is 4.79 Å². The van der Waals surface area contributed by atoms with Crippen molar-refractivity contribution in [3.8, 4) is 11.5 Å². The van der Waals surface area contributed by atoms with Crippen molar-refractivity contribution in [3.05, 3.63) is 46.1 Å². The first-order chi connectivity index (χ1) is 13.9. The topological polar surface area (TPSA) is 94.3 Å². The molecule has 1 amide bonds. The second kappa shape index (κ2) is 9.19. The Morgan fingerprint density at radius 3 is 2.76 bits per heavy atom. The Bertz CT molecular complexity index is 1050. The molecule has 1 N–H and O–H groups in total. The van der Waals surface area contributed by atoms with E-state index < -0.39 is 11.8 Å². The van der Waals surface area contributed by atoms with Crippen LogP contribution in [-0.2, 0) is 9.53 Å². The van der Waals surface area contributed by atoms with Crippen LogP contribution in [-0.4, -0.2) is 34.4 Å². The molecular weight excluding hydrogens is 417 g/mol. The van der Waals surface area contributed by atoms with E-state index in [4.69, 9.17) is 9.15 Å². The minimum absolute atomic E-state index is 0.0167. The van der Waals surface area contributed by atoms with Crippen LogP contribution in [0.25, 0.3) is 11.5 Å². The summed E-state index contributed by atoms with van der Waals surface area (Å²) in [7, 11) is 0. The molecule has 1 aromatic carbocycles. The summed E-state index contributed by atoms with van der Waals surface area (Å²) in [5.74, 6) is -1.26. The van der Waals surface area contributed by atoms with Crippen LogP contribution >= 0.6 is 23.1 Å². The number of halogens is 1. The molecule has 0 radical (unpaired) electrons. The van der Waals surface area contributed by atoms with Gasteiger partial charge in [0.2, 0.25) is 5.91 Å². The monoisotopic (exact) mass is 435 g/mol. The van der Waals surface area contributed by atoms with Crippen LogP contribution in [0.3, 0.4) is 0 Å². The fraction of sp³-hybridized carbons (Fsp3) is 0.263. The lowest BCUT2D eigenvalue weighted by Crippen LogP contribution is -2.16. The molecule has 3 aromatic rings. The smallest absolute Gasteiger partial charge is 0.341 e. The summed E-state index contributed by atoms with van der Waals surface area (Å²) in [5, 5.41) is 11.0. The van der Waals surface area contributed by atoms with E-state index in [1.54, 1.807) is 19.1 Å². The van der Waals surface area contributed by atoms with E-state index in [0.29, 0.717) is 10.6 Å². The molecule has 10 heteroatoms. The predicted octanol–water partition coefficient (Wildman–Crippen LogP) is 4.46. The lowest BCUT2D eigenvalue weighted by atomic mass is 10.1. The van der Waals surface area contributed by atoms with E-state index in [0.717, 1.165) is 22.2 Å². The molecule has 152 valence electrons. The van der Waals surface area contributed by atoms with Crippen molar-refractivity contribution in [3.63, 3.8) is 0 Å². The molecule has 0 spiro atoms. The van der Waals surface area contributed by atoms with Gasteiger partial charge < -0.3 is 14.5 Å². The van der Waals surface area contributed by atoms with E-state index in [-0.39, 0.29) is 34.9 Å². The van der Waals surface area contributed by atoms with Crippen molar-refractivity contribution >= 4 is 40.0 Å². The van der Waals surface area contributed by atoms with Gasteiger partial charge in [0.1, 0.15) is 10.8 Å². The fourth-order valence-corrected chi connectivity index (χ4v) is 4.09. The number of thioether (sulfide) groups is 1. The Morgan fingerprint density at radius 2 is 2.03 bits per heavy atom. The first kappa shape index (κ1) is 21.0. The highest BCUT2D eigenvalue weighted by atomic mass is 32.2. The van der Waals surface area contributed by atoms with Crippen molar-refractivity contribution in [1.82, 2.24) is 10.2 Å².